The van der Waals surface area contributed by atoms with E-state index in [0.717, 1.165) is 5.56 Å². The second-order valence-corrected chi connectivity index (χ2v) is 5.49. The topological polar surface area (TPSA) is 66.4 Å². The fourth-order valence-electron chi connectivity index (χ4n) is 1.76. The van der Waals surface area contributed by atoms with Gasteiger partial charge in [-0.05, 0) is 19.4 Å². The van der Waals surface area contributed by atoms with E-state index in [-0.39, 0.29) is 22.5 Å². The van der Waals surface area contributed by atoms with Gasteiger partial charge in [-0.1, -0.05) is 44.2 Å². The Bertz CT molecular complexity index is 530. The number of carboxylic acids is 1. The van der Waals surface area contributed by atoms with E-state index >= 15 is 0 Å². The molecule has 1 aromatic carbocycles. The van der Waals surface area contributed by atoms with Gasteiger partial charge in [0.1, 0.15) is 0 Å². The van der Waals surface area contributed by atoms with Crippen molar-refractivity contribution in [2.45, 2.75) is 33.1 Å². The number of hydrogen-bond acceptors (Lipinski definition) is 2. The summed E-state index contributed by atoms with van der Waals surface area (Å²) in [6.07, 6.45) is 0. The van der Waals surface area contributed by atoms with Crippen LogP contribution in [-0.2, 0) is 15.0 Å². The third kappa shape index (κ3) is 3.95. The first-order valence-corrected chi connectivity index (χ1v) is 6.50. The Morgan fingerprint density at radius 2 is 1.65 bits per heavy atom. The molecule has 0 bridgehead atoms. The molecule has 4 heteroatoms. The van der Waals surface area contributed by atoms with Gasteiger partial charge >= 0.3 is 5.97 Å². The van der Waals surface area contributed by atoms with Gasteiger partial charge in [-0.25, -0.2) is 4.79 Å². The second-order valence-electron chi connectivity index (χ2n) is 5.49. The third-order valence-electron chi connectivity index (χ3n) is 3.47. The standard InChI is InChI=1S/C16H21NO3/c1-11(12(2)15(19)20)14(18)17-10-16(3,4)13-8-6-5-7-9-13/h5-9H,10H2,1-4H3,(H,17,18)(H,19,20). The van der Waals surface area contributed by atoms with E-state index < -0.39 is 5.97 Å². The van der Waals surface area contributed by atoms with E-state index in [1.807, 2.05) is 44.2 Å². The zero-order valence-corrected chi connectivity index (χ0v) is 12.4. The normalized spacial score (nSPS) is 12.6. The van der Waals surface area contributed by atoms with Crippen LogP contribution in [-0.4, -0.2) is 23.5 Å². The van der Waals surface area contributed by atoms with Crippen molar-refractivity contribution in [1.29, 1.82) is 0 Å². The minimum atomic E-state index is -1.07. The highest BCUT2D eigenvalue weighted by atomic mass is 16.4. The van der Waals surface area contributed by atoms with Crippen molar-refractivity contribution in [3.8, 4) is 0 Å². The monoisotopic (exact) mass is 275 g/mol. The first-order valence-electron chi connectivity index (χ1n) is 6.50. The summed E-state index contributed by atoms with van der Waals surface area (Å²) in [5, 5.41) is 11.7. The molecule has 20 heavy (non-hydrogen) atoms. The third-order valence-corrected chi connectivity index (χ3v) is 3.47. The van der Waals surface area contributed by atoms with Crippen LogP contribution in [0, 0.1) is 0 Å². The van der Waals surface area contributed by atoms with Gasteiger partial charge in [-0.2, -0.15) is 0 Å². The summed E-state index contributed by atoms with van der Waals surface area (Å²) in [6.45, 7) is 7.46. The molecule has 108 valence electrons. The Balaban J connectivity index is 2.75. The second kappa shape index (κ2) is 6.37. The predicted molar refractivity (Wildman–Crippen MR) is 78.5 cm³/mol. The maximum atomic E-state index is 11.9. The highest BCUT2D eigenvalue weighted by Crippen LogP contribution is 2.21. The van der Waals surface area contributed by atoms with Crippen LogP contribution in [0.25, 0.3) is 0 Å². The molecule has 0 saturated heterocycles. The maximum absolute atomic E-state index is 11.9. The number of nitrogens with one attached hydrogen (secondary N) is 1. The summed E-state index contributed by atoms with van der Waals surface area (Å²) in [5.74, 6) is -1.41. The van der Waals surface area contributed by atoms with Crippen molar-refractivity contribution in [2.24, 2.45) is 0 Å². The fourth-order valence-corrected chi connectivity index (χ4v) is 1.76. The molecule has 0 fully saturated rings. The SMILES string of the molecule is CC(C(=O)O)=C(C)C(=O)NCC(C)(C)c1ccccc1. The van der Waals surface area contributed by atoms with E-state index in [2.05, 4.69) is 5.32 Å². The summed E-state index contributed by atoms with van der Waals surface area (Å²) in [6, 6.07) is 9.88. The van der Waals surface area contributed by atoms with Gasteiger partial charge in [-0.3, -0.25) is 4.79 Å². The Hall–Kier alpha value is -2.10. The number of benzene rings is 1. The van der Waals surface area contributed by atoms with Crippen LogP contribution in [0.4, 0.5) is 0 Å². The average molecular weight is 275 g/mol. The van der Waals surface area contributed by atoms with E-state index in [4.69, 9.17) is 5.11 Å². The number of aliphatic carboxylic acids is 1. The molecule has 0 aliphatic heterocycles. The molecule has 0 spiro atoms. The lowest BCUT2D eigenvalue weighted by Crippen LogP contribution is -2.37. The van der Waals surface area contributed by atoms with Crippen LogP contribution < -0.4 is 5.32 Å². The van der Waals surface area contributed by atoms with Crippen molar-refractivity contribution in [3.05, 3.63) is 47.0 Å². The van der Waals surface area contributed by atoms with Crippen LogP contribution in [0.15, 0.2) is 41.5 Å². The summed E-state index contributed by atoms with van der Waals surface area (Å²) < 4.78 is 0. The van der Waals surface area contributed by atoms with Gasteiger partial charge in [0.25, 0.3) is 0 Å². The van der Waals surface area contributed by atoms with Gasteiger partial charge in [0, 0.05) is 23.1 Å². The Morgan fingerprint density at radius 3 is 2.15 bits per heavy atom. The molecule has 0 atom stereocenters. The molecule has 0 aliphatic rings. The molecule has 0 radical (unpaired) electrons. The molecule has 0 unspecified atom stereocenters. The van der Waals surface area contributed by atoms with Gasteiger partial charge in [0.05, 0.1) is 0 Å². The molecule has 1 aromatic rings. The van der Waals surface area contributed by atoms with Gasteiger partial charge in [0.2, 0.25) is 5.91 Å². The molecule has 0 aliphatic carbocycles. The van der Waals surface area contributed by atoms with Crippen molar-refractivity contribution in [2.75, 3.05) is 6.54 Å². The zero-order valence-electron chi connectivity index (χ0n) is 12.4. The first-order chi connectivity index (χ1) is 9.25. The highest BCUT2D eigenvalue weighted by molar-refractivity contribution is 6.01. The average Bonchev–Trinajstić information content (AvgIpc) is 2.44. The summed E-state index contributed by atoms with van der Waals surface area (Å²) in [4.78, 5) is 22.8. The van der Waals surface area contributed by atoms with Crippen LogP contribution in [0.1, 0.15) is 33.3 Å². The molecular formula is C16H21NO3. The lowest BCUT2D eigenvalue weighted by molar-refractivity contribution is -0.133. The molecule has 1 rings (SSSR count). The number of rotatable bonds is 5. The van der Waals surface area contributed by atoms with Crippen LogP contribution >= 0.6 is 0 Å². The van der Waals surface area contributed by atoms with E-state index in [0.29, 0.717) is 6.54 Å². The number of carboxylic acid groups (broad SMARTS) is 1. The predicted octanol–water partition coefficient (Wildman–Crippen LogP) is 2.50. The largest absolute Gasteiger partial charge is 0.478 e. The van der Waals surface area contributed by atoms with Gasteiger partial charge in [-0.15, -0.1) is 0 Å². The summed E-state index contributed by atoms with van der Waals surface area (Å²) in [7, 11) is 0. The fraction of sp³-hybridized carbons (Fsp3) is 0.375. The number of carbonyl (C=O) groups is 2. The molecule has 0 heterocycles. The quantitative estimate of drug-likeness (QED) is 0.811. The zero-order chi connectivity index (χ0) is 15.3. The van der Waals surface area contributed by atoms with Crippen molar-refractivity contribution in [3.63, 3.8) is 0 Å². The molecule has 2 N–H and O–H groups in total. The van der Waals surface area contributed by atoms with E-state index in [1.165, 1.54) is 13.8 Å². The lowest BCUT2D eigenvalue weighted by Gasteiger charge is -2.25. The van der Waals surface area contributed by atoms with Crippen molar-refractivity contribution in [1.82, 2.24) is 5.32 Å². The van der Waals surface area contributed by atoms with Crippen LogP contribution in [0.2, 0.25) is 0 Å². The highest BCUT2D eigenvalue weighted by Gasteiger charge is 2.22. The Kier molecular flexibility index (Phi) is 5.08. The van der Waals surface area contributed by atoms with Crippen LogP contribution in [0.5, 0.6) is 0 Å². The number of hydrogen-bond donors (Lipinski definition) is 2. The molecule has 1 amide bonds. The molecule has 0 saturated carbocycles. The first kappa shape index (κ1) is 16.0. The molecule has 0 aromatic heterocycles. The summed E-state index contributed by atoms with van der Waals surface area (Å²) in [5.41, 5.74) is 1.21. The smallest absolute Gasteiger partial charge is 0.331 e. The Labute approximate surface area is 119 Å². The van der Waals surface area contributed by atoms with E-state index in [1.54, 1.807) is 0 Å². The molecular weight excluding hydrogens is 254 g/mol. The Morgan fingerprint density at radius 1 is 1.10 bits per heavy atom. The summed E-state index contributed by atoms with van der Waals surface area (Å²) >= 11 is 0. The van der Waals surface area contributed by atoms with Gasteiger partial charge in [0.15, 0.2) is 0 Å². The minimum Gasteiger partial charge on any atom is -0.478 e. The van der Waals surface area contributed by atoms with E-state index in [9.17, 15) is 9.59 Å². The lowest BCUT2D eigenvalue weighted by atomic mass is 9.84. The van der Waals surface area contributed by atoms with Crippen LogP contribution in [0.3, 0.4) is 0 Å². The van der Waals surface area contributed by atoms with Crippen molar-refractivity contribution >= 4 is 11.9 Å². The minimum absolute atomic E-state index is 0.0695. The van der Waals surface area contributed by atoms with Crippen molar-refractivity contribution < 1.29 is 14.7 Å². The maximum Gasteiger partial charge on any atom is 0.331 e. The number of carbonyl (C=O) groups excluding carboxylic acids is 1. The van der Waals surface area contributed by atoms with Gasteiger partial charge < -0.3 is 10.4 Å². The number of amides is 1. The molecule has 4 nitrogen and oxygen atoms in total.